The molecule has 0 radical (unpaired) electrons. The average Bonchev–Trinajstić information content (AvgIpc) is 3.16. The van der Waals surface area contributed by atoms with Crippen molar-refractivity contribution < 1.29 is 35.2 Å². The highest BCUT2D eigenvalue weighted by molar-refractivity contribution is 7.89. The van der Waals surface area contributed by atoms with Crippen LogP contribution < -0.4 is 10.2 Å². The maximum absolute atomic E-state index is 14.5. The van der Waals surface area contributed by atoms with Crippen molar-refractivity contribution in [2.45, 2.75) is 55.3 Å². The third-order valence-electron chi connectivity index (χ3n) is 7.54. The van der Waals surface area contributed by atoms with Gasteiger partial charge in [-0.3, -0.25) is 9.78 Å². The summed E-state index contributed by atoms with van der Waals surface area (Å²) in [5.74, 6) is -4.68. The fourth-order valence-corrected chi connectivity index (χ4v) is 6.83. The van der Waals surface area contributed by atoms with E-state index in [2.05, 4.69) is 10.3 Å². The molecule has 1 aliphatic carbocycles. The van der Waals surface area contributed by atoms with E-state index in [1.54, 1.807) is 4.90 Å². The molecule has 1 N–H and O–H groups in total. The van der Waals surface area contributed by atoms with Crippen LogP contribution in [-0.4, -0.2) is 61.4 Å². The van der Waals surface area contributed by atoms with Gasteiger partial charge in [-0.05, 0) is 43.2 Å². The molecule has 3 aliphatic rings. The third-order valence-corrected chi connectivity index (χ3v) is 9.42. The molecule has 13 heteroatoms. The molecule has 3 fully saturated rings. The van der Waals surface area contributed by atoms with Crippen molar-refractivity contribution in [3.8, 4) is 0 Å². The predicted octanol–water partition coefficient (Wildman–Crippen LogP) is 3.40. The van der Waals surface area contributed by atoms with Crippen LogP contribution in [0.4, 0.5) is 27.6 Å². The van der Waals surface area contributed by atoms with Crippen LogP contribution in [0.25, 0.3) is 0 Å². The molecule has 2 aliphatic heterocycles. The second-order valence-corrected chi connectivity index (χ2v) is 11.8. The van der Waals surface area contributed by atoms with Crippen molar-refractivity contribution in [1.29, 1.82) is 0 Å². The smallest absolute Gasteiger partial charge is 0.254 e. The first-order chi connectivity index (χ1) is 17.4. The van der Waals surface area contributed by atoms with Gasteiger partial charge in [-0.25, -0.2) is 30.4 Å². The molecule has 3 heterocycles. The van der Waals surface area contributed by atoms with E-state index < -0.39 is 57.7 Å². The van der Waals surface area contributed by atoms with Crippen LogP contribution in [0.2, 0.25) is 0 Å². The minimum Gasteiger partial charge on any atom is -0.369 e. The Morgan fingerprint density at radius 3 is 2.41 bits per heavy atom. The van der Waals surface area contributed by atoms with E-state index in [4.69, 9.17) is 0 Å². The maximum Gasteiger partial charge on any atom is 0.254 e. The topological polar surface area (TPSA) is 82.6 Å². The van der Waals surface area contributed by atoms with Gasteiger partial charge in [0.2, 0.25) is 15.9 Å². The molecule has 2 unspecified atom stereocenters. The maximum atomic E-state index is 14.5. The number of aromatic nitrogens is 1. The van der Waals surface area contributed by atoms with Crippen molar-refractivity contribution >= 4 is 21.6 Å². The molecule has 1 spiro atoms. The summed E-state index contributed by atoms with van der Waals surface area (Å²) in [4.78, 5) is 18.2. The Morgan fingerprint density at radius 1 is 1.14 bits per heavy atom. The lowest BCUT2D eigenvalue weighted by Crippen LogP contribution is -2.45. The van der Waals surface area contributed by atoms with Crippen LogP contribution in [0, 0.1) is 17.0 Å². The number of carbonyl (C=O) groups excluding carboxylic acids is 1. The van der Waals surface area contributed by atoms with E-state index in [-0.39, 0.29) is 61.6 Å². The summed E-state index contributed by atoms with van der Waals surface area (Å²) in [6.45, 7) is -0.178. The Bertz CT molecular complexity index is 1300. The van der Waals surface area contributed by atoms with E-state index in [1.807, 2.05) is 0 Å². The van der Waals surface area contributed by atoms with Gasteiger partial charge in [0, 0.05) is 37.9 Å². The molecule has 200 valence electrons. The molecule has 2 atom stereocenters. The molecule has 7 nitrogen and oxygen atoms in total. The van der Waals surface area contributed by atoms with Crippen LogP contribution >= 0.6 is 0 Å². The standard InChI is InChI=1S/C24H25F5N4O3S/c25-15-1-3-18(4-2-15)37(35,36)33-13-16(26)9-21(33)22(34)31-11-17-10-20(19(27)12-30-17)32-7-5-23(6-8-32)14-24(23,28)29/h1-4,10,12,16,21H,5-9,11,13-14H2,(H,31,34). The molecule has 2 aromatic rings. The van der Waals surface area contributed by atoms with Crippen LogP contribution in [0.3, 0.4) is 0 Å². The number of nitrogens with zero attached hydrogens (tertiary/aromatic N) is 3. The number of rotatable bonds is 6. The molecule has 5 rings (SSSR count). The zero-order valence-electron chi connectivity index (χ0n) is 19.6. The lowest BCUT2D eigenvalue weighted by atomic mass is 9.92. The van der Waals surface area contributed by atoms with Crippen LogP contribution in [-0.2, 0) is 21.4 Å². The average molecular weight is 545 g/mol. The summed E-state index contributed by atoms with van der Waals surface area (Å²) in [7, 11) is -4.26. The zero-order chi connectivity index (χ0) is 26.6. The predicted molar refractivity (Wildman–Crippen MR) is 123 cm³/mol. The van der Waals surface area contributed by atoms with E-state index in [9.17, 15) is 35.2 Å². The van der Waals surface area contributed by atoms with Gasteiger partial charge in [-0.1, -0.05) is 0 Å². The van der Waals surface area contributed by atoms with Gasteiger partial charge in [-0.15, -0.1) is 0 Å². The molecule has 0 bridgehead atoms. The van der Waals surface area contributed by atoms with Gasteiger partial charge in [0.1, 0.15) is 18.0 Å². The first kappa shape index (κ1) is 25.8. The van der Waals surface area contributed by atoms with Crippen molar-refractivity contribution in [3.63, 3.8) is 0 Å². The number of hydrogen-bond donors (Lipinski definition) is 1. The zero-order valence-corrected chi connectivity index (χ0v) is 20.5. The summed E-state index contributed by atoms with van der Waals surface area (Å²) >= 11 is 0. The molecule has 2 saturated heterocycles. The number of nitrogens with one attached hydrogen (secondary N) is 1. The molecular weight excluding hydrogens is 519 g/mol. The summed E-state index contributed by atoms with van der Waals surface area (Å²) in [5, 5.41) is 2.53. The van der Waals surface area contributed by atoms with Gasteiger partial charge in [0.25, 0.3) is 5.92 Å². The van der Waals surface area contributed by atoms with E-state index in [1.165, 1.54) is 6.07 Å². The number of hydrogen-bond acceptors (Lipinski definition) is 5. The van der Waals surface area contributed by atoms with Gasteiger partial charge >= 0.3 is 0 Å². The van der Waals surface area contributed by atoms with Crippen molar-refractivity contribution in [2.24, 2.45) is 5.41 Å². The van der Waals surface area contributed by atoms with E-state index in [0.717, 1.165) is 34.8 Å². The fourth-order valence-electron chi connectivity index (χ4n) is 5.21. The Morgan fingerprint density at radius 2 is 1.78 bits per heavy atom. The van der Waals surface area contributed by atoms with Crippen molar-refractivity contribution in [1.82, 2.24) is 14.6 Å². The molecule has 1 saturated carbocycles. The number of piperidine rings is 1. The molecule has 1 aromatic heterocycles. The number of benzene rings is 1. The number of pyridine rings is 1. The highest BCUT2D eigenvalue weighted by Crippen LogP contribution is 2.66. The second-order valence-electron chi connectivity index (χ2n) is 9.87. The summed E-state index contributed by atoms with van der Waals surface area (Å²) in [5.41, 5.74) is -0.535. The first-order valence-corrected chi connectivity index (χ1v) is 13.3. The van der Waals surface area contributed by atoms with Crippen LogP contribution in [0.15, 0.2) is 41.4 Å². The monoisotopic (exact) mass is 544 g/mol. The quantitative estimate of drug-likeness (QED) is 0.564. The summed E-state index contributed by atoms with van der Waals surface area (Å²) in [6.07, 6.45) is -0.586. The molecule has 1 aromatic carbocycles. The van der Waals surface area contributed by atoms with Crippen LogP contribution in [0.5, 0.6) is 0 Å². The lowest BCUT2D eigenvalue weighted by Gasteiger charge is -2.34. The van der Waals surface area contributed by atoms with Gasteiger partial charge in [0.15, 0.2) is 5.82 Å². The Hall–Kier alpha value is -2.80. The minimum atomic E-state index is -4.26. The van der Waals surface area contributed by atoms with Gasteiger partial charge < -0.3 is 10.2 Å². The lowest BCUT2D eigenvalue weighted by molar-refractivity contribution is -0.124. The summed E-state index contributed by atoms with van der Waals surface area (Å²) in [6, 6.07) is 4.09. The minimum absolute atomic E-state index is 0.140. The van der Waals surface area contributed by atoms with Crippen LogP contribution in [0.1, 0.15) is 31.4 Å². The SMILES string of the molecule is O=C(NCc1cc(N2CCC3(CC2)CC3(F)F)c(F)cn1)C1CC(F)CN1S(=O)(=O)c1ccc(F)cc1. The van der Waals surface area contributed by atoms with E-state index >= 15 is 0 Å². The molecule has 1 amide bonds. The number of amides is 1. The molecule has 37 heavy (non-hydrogen) atoms. The second kappa shape index (κ2) is 9.19. The number of alkyl halides is 3. The first-order valence-electron chi connectivity index (χ1n) is 11.9. The fraction of sp³-hybridized carbons (Fsp3) is 0.500. The van der Waals surface area contributed by atoms with Gasteiger partial charge in [-0.2, -0.15) is 4.31 Å². The number of sulfonamides is 1. The summed E-state index contributed by atoms with van der Waals surface area (Å²) < 4.78 is 96.0. The normalized spacial score (nSPS) is 24.8. The Kier molecular flexibility index (Phi) is 6.42. The number of carbonyl (C=O) groups is 1. The Labute approximate surface area is 210 Å². The highest BCUT2D eigenvalue weighted by atomic mass is 32.2. The van der Waals surface area contributed by atoms with Crippen molar-refractivity contribution in [3.05, 3.63) is 53.9 Å². The molecular formula is C24H25F5N4O3S. The number of halogens is 5. The van der Waals surface area contributed by atoms with E-state index in [0.29, 0.717) is 0 Å². The van der Waals surface area contributed by atoms with Gasteiger partial charge in [0.05, 0.1) is 29.0 Å². The van der Waals surface area contributed by atoms with Crippen molar-refractivity contribution in [2.75, 3.05) is 24.5 Å². The highest BCUT2D eigenvalue weighted by Gasteiger charge is 2.70. The number of anilines is 1. The Balaban J connectivity index is 1.25. The third kappa shape index (κ3) is 4.78. The largest absolute Gasteiger partial charge is 0.369 e.